The lowest BCUT2D eigenvalue weighted by atomic mass is 9.97. The van der Waals surface area contributed by atoms with Crippen LogP contribution in [0.5, 0.6) is 11.5 Å². The van der Waals surface area contributed by atoms with Gasteiger partial charge < -0.3 is 4.74 Å². The van der Waals surface area contributed by atoms with Crippen LogP contribution in [0.1, 0.15) is 25.0 Å². The highest BCUT2D eigenvalue weighted by molar-refractivity contribution is 6.66. The monoisotopic (exact) mass is 826 g/mol. The quantitative estimate of drug-likeness (QED) is 0.0510. The molecule has 4 aromatic carbocycles. The molecule has 0 saturated carbocycles. The van der Waals surface area contributed by atoms with E-state index in [4.69, 9.17) is 51.1 Å². The van der Waals surface area contributed by atoms with Crippen molar-refractivity contribution in [2.45, 2.75) is 26.2 Å². The zero-order valence-electron chi connectivity index (χ0n) is 26.6. The van der Waals surface area contributed by atoms with Gasteiger partial charge in [-0.05, 0) is 73.4 Å². The highest BCUT2D eigenvalue weighted by Crippen LogP contribution is 2.53. The van der Waals surface area contributed by atoms with Crippen LogP contribution >= 0.6 is 46.4 Å². The normalized spacial score (nSPS) is 11.6. The summed E-state index contributed by atoms with van der Waals surface area (Å²) in [5.74, 6) is -0.985. The van der Waals surface area contributed by atoms with Crippen LogP contribution in [0.25, 0.3) is 22.3 Å². The van der Waals surface area contributed by atoms with Crippen molar-refractivity contribution in [1.29, 1.82) is 0 Å². The fourth-order valence-electron chi connectivity index (χ4n) is 5.30. The van der Waals surface area contributed by atoms with Gasteiger partial charge in [0, 0.05) is 46.4 Å². The molecular weight excluding hydrogens is 808 g/mol. The first-order valence-corrected chi connectivity index (χ1v) is 16.1. The molecule has 0 aliphatic carbocycles. The topological polar surface area (TPSA) is 136 Å². The van der Waals surface area contributed by atoms with Gasteiger partial charge in [-0.25, -0.2) is 0 Å². The summed E-state index contributed by atoms with van der Waals surface area (Å²) in [6, 6.07) is 7.50. The standard InChI is InChI=1S/C32H20Cl4F6N4O7/c1-3-43(29(35)47)27-21(45(49)50)9-11-23(25(27)17-7-5-15(13-19(17)33)31(37,38)39)53-24-12-10-22(46(51)52)28(44(4-2)30(36)48)26(24)18-8-6-16(14-20(18)34)32(40,41)42/h5-14H,3-4H2,1-2H3. The van der Waals surface area contributed by atoms with E-state index in [0.29, 0.717) is 34.1 Å². The molecule has 53 heavy (non-hydrogen) atoms. The highest BCUT2D eigenvalue weighted by Gasteiger charge is 2.37. The molecule has 0 saturated heterocycles. The van der Waals surface area contributed by atoms with E-state index in [1.165, 1.54) is 13.8 Å². The summed E-state index contributed by atoms with van der Waals surface area (Å²) in [7, 11) is 0. The summed E-state index contributed by atoms with van der Waals surface area (Å²) in [5, 5.41) is 20.7. The van der Waals surface area contributed by atoms with Crippen LogP contribution in [-0.4, -0.2) is 33.7 Å². The maximum Gasteiger partial charge on any atom is 0.416 e. The van der Waals surface area contributed by atoms with Crippen LogP contribution in [-0.2, 0) is 12.4 Å². The first kappa shape index (κ1) is 40.9. The van der Waals surface area contributed by atoms with Crippen LogP contribution in [0.3, 0.4) is 0 Å². The van der Waals surface area contributed by atoms with Crippen LogP contribution < -0.4 is 14.5 Å². The fourth-order valence-corrected chi connectivity index (χ4v) is 6.26. The largest absolute Gasteiger partial charge is 0.456 e. The number of carbonyl (C=O) groups excluding carboxylic acids is 2. The Balaban J connectivity index is 2.21. The molecular formula is C32H20Cl4F6N4O7. The molecule has 0 aliphatic rings. The number of anilines is 2. The number of hydrogen-bond donors (Lipinski definition) is 0. The Bertz CT molecular complexity index is 2000. The second-order valence-electron chi connectivity index (χ2n) is 10.6. The van der Waals surface area contributed by atoms with Crippen molar-refractivity contribution in [1.82, 2.24) is 0 Å². The third-order valence-electron chi connectivity index (χ3n) is 7.58. The molecule has 280 valence electrons. The molecule has 0 bridgehead atoms. The van der Waals surface area contributed by atoms with Gasteiger partial charge in [0.05, 0.1) is 32.1 Å². The molecule has 0 radical (unpaired) electrons. The van der Waals surface area contributed by atoms with Gasteiger partial charge in [-0.15, -0.1) is 0 Å². The highest BCUT2D eigenvalue weighted by atomic mass is 35.5. The molecule has 0 aromatic heterocycles. The lowest BCUT2D eigenvalue weighted by Gasteiger charge is -2.26. The zero-order chi connectivity index (χ0) is 39.7. The Hall–Kier alpha value is -4.84. The van der Waals surface area contributed by atoms with Crippen molar-refractivity contribution >= 4 is 79.9 Å². The number of nitro benzene ring substituents is 2. The lowest BCUT2D eigenvalue weighted by Crippen LogP contribution is -2.27. The molecule has 0 aliphatic heterocycles. The van der Waals surface area contributed by atoms with E-state index in [1.807, 2.05) is 0 Å². The smallest absolute Gasteiger partial charge is 0.416 e. The Labute approximate surface area is 314 Å². The van der Waals surface area contributed by atoms with Crippen LogP contribution in [0.2, 0.25) is 10.0 Å². The number of halogens is 10. The Morgan fingerprint density at radius 1 is 0.660 bits per heavy atom. The Morgan fingerprint density at radius 3 is 1.25 bits per heavy atom. The summed E-state index contributed by atoms with van der Waals surface area (Å²) >= 11 is 24.3. The third kappa shape index (κ3) is 8.38. The first-order valence-electron chi connectivity index (χ1n) is 14.6. The molecule has 0 unspecified atom stereocenters. The molecule has 0 atom stereocenters. The van der Waals surface area contributed by atoms with Crippen molar-refractivity contribution in [3.8, 4) is 33.8 Å². The molecule has 0 heterocycles. The second-order valence-corrected chi connectivity index (χ2v) is 12.1. The number of hydrogen-bond acceptors (Lipinski definition) is 7. The van der Waals surface area contributed by atoms with Crippen molar-refractivity contribution in [3.63, 3.8) is 0 Å². The molecule has 0 fully saturated rings. The van der Waals surface area contributed by atoms with Crippen LogP contribution in [0, 0.1) is 20.2 Å². The minimum Gasteiger partial charge on any atom is -0.456 e. The van der Waals surface area contributed by atoms with Crippen LogP contribution in [0.4, 0.5) is 58.7 Å². The lowest BCUT2D eigenvalue weighted by molar-refractivity contribution is -0.384. The van der Waals surface area contributed by atoms with Gasteiger partial charge in [-0.1, -0.05) is 35.3 Å². The first-order chi connectivity index (χ1) is 24.6. The summed E-state index contributed by atoms with van der Waals surface area (Å²) in [5.41, 5.74) is -6.87. The van der Waals surface area contributed by atoms with E-state index in [2.05, 4.69) is 0 Å². The second kappa shape index (κ2) is 15.6. The number of nitro groups is 2. The van der Waals surface area contributed by atoms with Crippen molar-refractivity contribution in [3.05, 3.63) is 102 Å². The Kier molecular flexibility index (Phi) is 12.1. The predicted octanol–water partition coefficient (Wildman–Crippen LogP) is 12.3. The average Bonchev–Trinajstić information content (AvgIpc) is 3.04. The van der Waals surface area contributed by atoms with E-state index in [1.54, 1.807) is 0 Å². The van der Waals surface area contributed by atoms with Gasteiger partial charge in [0.2, 0.25) is 0 Å². The van der Waals surface area contributed by atoms with Gasteiger partial charge in [0.15, 0.2) is 0 Å². The molecule has 21 heteroatoms. The number of carbonyl (C=O) groups is 2. The SMILES string of the molecule is CCN(C(=O)Cl)c1c([N+](=O)[O-])ccc(Oc2ccc([N+](=O)[O-])c(N(CC)C(=O)Cl)c2-c2ccc(C(F)(F)F)cc2Cl)c1-c1ccc(C(F)(F)F)cc1Cl. The molecule has 11 nitrogen and oxygen atoms in total. The summed E-state index contributed by atoms with van der Waals surface area (Å²) in [6.07, 6.45) is -9.77. The Morgan fingerprint density at radius 2 is 1.00 bits per heavy atom. The number of alkyl halides is 6. The number of benzene rings is 4. The maximum absolute atomic E-state index is 13.6. The minimum absolute atomic E-state index is 0.338. The van der Waals surface area contributed by atoms with Crippen molar-refractivity contribution in [2.24, 2.45) is 0 Å². The van der Waals surface area contributed by atoms with Gasteiger partial charge in [-0.3, -0.25) is 39.6 Å². The number of ether oxygens (including phenoxy) is 1. The molecule has 0 spiro atoms. The number of amides is 2. The summed E-state index contributed by atoms with van der Waals surface area (Å²) in [4.78, 5) is 49.3. The van der Waals surface area contributed by atoms with Crippen molar-refractivity contribution < 1.29 is 50.5 Å². The summed E-state index contributed by atoms with van der Waals surface area (Å²) in [6.45, 7) is 2.06. The van der Waals surface area contributed by atoms with E-state index >= 15 is 0 Å². The van der Waals surface area contributed by atoms with E-state index in [-0.39, 0.29) is 24.2 Å². The van der Waals surface area contributed by atoms with Gasteiger partial charge in [0.25, 0.3) is 11.4 Å². The molecule has 2 amide bonds. The minimum atomic E-state index is -4.88. The van der Waals surface area contributed by atoms with E-state index in [9.17, 15) is 56.2 Å². The van der Waals surface area contributed by atoms with Crippen molar-refractivity contribution in [2.75, 3.05) is 22.9 Å². The maximum atomic E-state index is 13.6. The number of nitrogens with zero attached hydrogens (tertiary/aromatic N) is 4. The van der Waals surface area contributed by atoms with Gasteiger partial charge >= 0.3 is 23.1 Å². The molecule has 0 N–H and O–H groups in total. The number of rotatable bonds is 10. The van der Waals surface area contributed by atoms with E-state index in [0.717, 1.165) is 36.4 Å². The van der Waals surface area contributed by atoms with Gasteiger partial charge in [-0.2, -0.15) is 26.3 Å². The third-order valence-corrected chi connectivity index (χ3v) is 8.61. The van der Waals surface area contributed by atoms with Gasteiger partial charge in [0.1, 0.15) is 22.9 Å². The average molecular weight is 828 g/mol. The van der Waals surface area contributed by atoms with E-state index < -0.39 is 99.5 Å². The summed E-state index contributed by atoms with van der Waals surface area (Å²) < 4.78 is 87.9. The van der Waals surface area contributed by atoms with Crippen LogP contribution in [0.15, 0.2) is 60.7 Å². The molecule has 4 rings (SSSR count). The predicted molar refractivity (Wildman–Crippen MR) is 186 cm³/mol. The fraction of sp³-hybridized carbons (Fsp3) is 0.188. The molecule has 4 aromatic rings. The zero-order valence-corrected chi connectivity index (χ0v) is 29.6.